The van der Waals surface area contributed by atoms with Gasteiger partial charge in [-0.05, 0) is 102 Å². The number of rotatable bonds is 6. The number of anilines is 5. The number of hydrogen-bond acceptors (Lipinski definition) is 2. The van der Waals surface area contributed by atoms with Gasteiger partial charge < -0.3 is 9.80 Å². The molecule has 0 radical (unpaired) electrons. The Morgan fingerprint density at radius 3 is 2.29 bits per heavy atom. The van der Waals surface area contributed by atoms with Crippen LogP contribution in [0.4, 0.5) is 28.4 Å². The molecule has 2 unspecified atom stereocenters. The molecule has 0 saturated heterocycles. The van der Waals surface area contributed by atoms with Crippen LogP contribution in [0.1, 0.15) is 63.5 Å². The molecule has 0 N–H and O–H groups in total. The van der Waals surface area contributed by atoms with Gasteiger partial charge in [-0.25, -0.2) is 0 Å². The first-order chi connectivity index (χ1) is 20.1. The molecular weight excluding hydrogens is 495 g/mol. The average molecular weight is 535 g/mol. The Kier molecular flexibility index (Phi) is 6.62. The van der Waals surface area contributed by atoms with Crippen LogP contribution in [0, 0.1) is 12.8 Å². The van der Waals surface area contributed by atoms with E-state index in [0.717, 1.165) is 6.42 Å². The molecule has 204 valence electrons. The zero-order valence-corrected chi connectivity index (χ0v) is 24.8. The summed E-state index contributed by atoms with van der Waals surface area (Å²) in [5.74, 6) is 1.04. The van der Waals surface area contributed by atoms with Gasteiger partial charge in [0.25, 0.3) is 6.71 Å². The minimum atomic E-state index is 0.193. The lowest BCUT2D eigenvalue weighted by Gasteiger charge is -2.46. The Morgan fingerprint density at radius 1 is 0.805 bits per heavy atom. The van der Waals surface area contributed by atoms with E-state index in [1.165, 1.54) is 80.9 Å². The van der Waals surface area contributed by atoms with Crippen molar-refractivity contribution in [3.05, 3.63) is 120 Å². The normalized spacial score (nSPS) is 17.5. The van der Waals surface area contributed by atoms with Crippen molar-refractivity contribution in [2.45, 2.75) is 59.3 Å². The zero-order chi connectivity index (χ0) is 28.1. The van der Waals surface area contributed by atoms with E-state index < -0.39 is 0 Å². The number of fused-ring (bicyclic) bond motifs is 4. The fourth-order valence-corrected chi connectivity index (χ4v) is 7.47. The summed E-state index contributed by atoms with van der Waals surface area (Å²) in [5, 5.41) is 0. The lowest BCUT2D eigenvalue weighted by molar-refractivity contribution is 0.596. The minimum absolute atomic E-state index is 0.193. The molecule has 2 aliphatic heterocycles. The van der Waals surface area contributed by atoms with Crippen molar-refractivity contribution in [2.24, 2.45) is 5.92 Å². The molecule has 3 aliphatic rings. The molecule has 0 fully saturated rings. The molecule has 2 nitrogen and oxygen atoms in total. The lowest BCUT2D eigenvalue weighted by atomic mass is 9.33. The van der Waals surface area contributed by atoms with Gasteiger partial charge in [0.15, 0.2) is 0 Å². The zero-order valence-electron chi connectivity index (χ0n) is 24.8. The largest absolute Gasteiger partial charge is 0.315 e. The van der Waals surface area contributed by atoms with Crippen LogP contribution in [0.5, 0.6) is 0 Å². The Labute approximate surface area is 246 Å². The van der Waals surface area contributed by atoms with Crippen molar-refractivity contribution in [3.63, 3.8) is 0 Å². The Hall–Kier alpha value is -3.98. The summed E-state index contributed by atoms with van der Waals surface area (Å²) in [6.07, 6.45) is 11.6. The fourth-order valence-electron chi connectivity index (χ4n) is 7.47. The molecule has 3 heteroatoms. The molecule has 0 spiro atoms. The highest BCUT2D eigenvalue weighted by molar-refractivity contribution is 7.00. The van der Waals surface area contributed by atoms with Crippen LogP contribution in [0.3, 0.4) is 0 Å². The Bertz CT molecular complexity index is 1670. The first kappa shape index (κ1) is 26.0. The molecule has 4 aromatic carbocycles. The van der Waals surface area contributed by atoms with Crippen molar-refractivity contribution in [3.8, 4) is 0 Å². The summed E-state index contributed by atoms with van der Waals surface area (Å²) in [4.78, 5) is 5.12. The standard InChI is InChI=1S/C38H39BN2/c1-5-14-28(6-2)29-21-22-32-35(25-29)41(33-19-12-10-15-27(33)4)37-24-26(3)23-36-38(37)39(32)31-18-11-13-20-34(31)40(36)30-16-8-7-9-17-30/h7-13,16-25,27-28H,5-6,14-15H2,1-4H3. The number of hydrogen-bond donors (Lipinski definition) is 0. The van der Waals surface area contributed by atoms with Crippen LogP contribution >= 0.6 is 0 Å². The highest BCUT2D eigenvalue weighted by atomic mass is 15.2. The van der Waals surface area contributed by atoms with Gasteiger partial charge in [-0.1, -0.05) is 87.9 Å². The summed E-state index contributed by atoms with van der Waals surface area (Å²) < 4.78 is 0. The van der Waals surface area contributed by atoms with Crippen LogP contribution in [0.2, 0.25) is 0 Å². The fraction of sp³-hybridized carbons (Fsp3) is 0.263. The van der Waals surface area contributed by atoms with Gasteiger partial charge in [0, 0.05) is 40.1 Å². The predicted octanol–water partition coefficient (Wildman–Crippen LogP) is 8.52. The number of aryl methyl sites for hydroxylation is 1. The summed E-state index contributed by atoms with van der Waals surface area (Å²) >= 11 is 0. The van der Waals surface area contributed by atoms with Crippen LogP contribution in [0.15, 0.2) is 109 Å². The second-order valence-corrected chi connectivity index (χ2v) is 12.1. The van der Waals surface area contributed by atoms with Gasteiger partial charge in [0.2, 0.25) is 0 Å². The Morgan fingerprint density at radius 2 is 1.54 bits per heavy atom. The van der Waals surface area contributed by atoms with Crippen molar-refractivity contribution < 1.29 is 0 Å². The molecule has 0 saturated carbocycles. The molecule has 0 bridgehead atoms. The third kappa shape index (κ3) is 4.17. The van der Waals surface area contributed by atoms with Crippen molar-refractivity contribution in [1.29, 1.82) is 0 Å². The van der Waals surface area contributed by atoms with Crippen LogP contribution in [0.25, 0.3) is 0 Å². The summed E-state index contributed by atoms with van der Waals surface area (Å²) in [5.41, 5.74) is 14.9. The number of nitrogens with zero attached hydrogens (tertiary/aromatic N) is 2. The van der Waals surface area contributed by atoms with Crippen molar-refractivity contribution in [2.75, 3.05) is 9.80 Å². The molecule has 2 atom stereocenters. The monoisotopic (exact) mass is 534 g/mol. The first-order valence-corrected chi connectivity index (χ1v) is 15.5. The molecule has 0 amide bonds. The van der Waals surface area contributed by atoms with Gasteiger partial charge in [-0.15, -0.1) is 0 Å². The quantitative estimate of drug-likeness (QED) is 0.202. The molecule has 2 heterocycles. The maximum absolute atomic E-state index is 2.63. The van der Waals surface area contributed by atoms with Crippen LogP contribution < -0.4 is 26.2 Å². The van der Waals surface area contributed by atoms with E-state index in [1.54, 1.807) is 0 Å². The van der Waals surface area contributed by atoms with E-state index in [0.29, 0.717) is 11.8 Å². The van der Waals surface area contributed by atoms with Gasteiger partial charge in [0.1, 0.15) is 0 Å². The second kappa shape index (κ2) is 10.5. The molecule has 1 aliphatic carbocycles. The van der Waals surface area contributed by atoms with Crippen LogP contribution in [-0.4, -0.2) is 6.71 Å². The van der Waals surface area contributed by atoms with E-state index in [2.05, 4.69) is 141 Å². The van der Waals surface area contributed by atoms with Crippen LogP contribution in [-0.2, 0) is 0 Å². The summed E-state index contributed by atoms with van der Waals surface area (Å²) in [6, 6.07) is 32.2. The smallest absolute Gasteiger partial charge is 0.252 e. The van der Waals surface area contributed by atoms with E-state index >= 15 is 0 Å². The summed E-state index contributed by atoms with van der Waals surface area (Å²) in [7, 11) is 0. The highest BCUT2D eigenvalue weighted by Crippen LogP contribution is 2.45. The maximum Gasteiger partial charge on any atom is 0.252 e. The van der Waals surface area contributed by atoms with E-state index in [9.17, 15) is 0 Å². The third-order valence-corrected chi connectivity index (χ3v) is 9.42. The highest BCUT2D eigenvalue weighted by Gasteiger charge is 2.44. The average Bonchev–Trinajstić information content (AvgIpc) is 3.00. The molecular formula is C38H39BN2. The van der Waals surface area contributed by atoms with Crippen molar-refractivity contribution >= 4 is 51.5 Å². The van der Waals surface area contributed by atoms with Gasteiger partial charge in [-0.3, -0.25) is 0 Å². The summed E-state index contributed by atoms with van der Waals surface area (Å²) in [6.45, 7) is 9.48. The molecule has 41 heavy (non-hydrogen) atoms. The van der Waals surface area contributed by atoms with Gasteiger partial charge >= 0.3 is 0 Å². The topological polar surface area (TPSA) is 6.48 Å². The van der Waals surface area contributed by atoms with E-state index in [4.69, 9.17) is 0 Å². The Balaban J connectivity index is 1.55. The number of para-hydroxylation sites is 2. The van der Waals surface area contributed by atoms with Gasteiger partial charge in [-0.2, -0.15) is 0 Å². The number of allylic oxidation sites excluding steroid dienone is 4. The molecule has 7 rings (SSSR count). The molecule has 0 aromatic heterocycles. The third-order valence-electron chi connectivity index (χ3n) is 9.42. The lowest BCUT2D eigenvalue weighted by Crippen LogP contribution is -2.62. The van der Waals surface area contributed by atoms with Gasteiger partial charge in [0.05, 0.1) is 0 Å². The first-order valence-electron chi connectivity index (χ1n) is 15.5. The maximum atomic E-state index is 2.63. The van der Waals surface area contributed by atoms with E-state index in [1.807, 2.05) is 0 Å². The molecule has 4 aromatic rings. The SMILES string of the molecule is CCCC(CC)c1ccc2c(c1)N(C1=CC=CCC1C)c1cc(C)cc3c1B2c1ccccc1N3c1ccccc1. The minimum Gasteiger partial charge on any atom is -0.315 e. The van der Waals surface area contributed by atoms with Crippen molar-refractivity contribution in [1.82, 2.24) is 0 Å². The number of benzene rings is 4. The predicted molar refractivity (Wildman–Crippen MR) is 178 cm³/mol. The van der Waals surface area contributed by atoms with E-state index in [-0.39, 0.29) is 6.71 Å². The second-order valence-electron chi connectivity index (χ2n) is 12.1.